The van der Waals surface area contributed by atoms with Crippen molar-refractivity contribution in [2.75, 3.05) is 5.73 Å². The molecule has 2 rings (SSSR count). The Kier molecular flexibility index (Phi) is 3.15. The summed E-state index contributed by atoms with van der Waals surface area (Å²) in [5.74, 6) is -2.07. The van der Waals surface area contributed by atoms with Gasteiger partial charge in [-0.1, -0.05) is 0 Å². The van der Waals surface area contributed by atoms with E-state index in [-0.39, 0.29) is 10.5 Å². The van der Waals surface area contributed by atoms with Crippen LogP contribution in [-0.2, 0) is 7.05 Å². The van der Waals surface area contributed by atoms with Gasteiger partial charge in [-0.3, -0.25) is 0 Å². The fourth-order valence-electron chi connectivity index (χ4n) is 1.29. The van der Waals surface area contributed by atoms with E-state index in [0.717, 1.165) is 17.8 Å². The molecule has 0 aliphatic heterocycles. The van der Waals surface area contributed by atoms with E-state index in [1.807, 2.05) is 0 Å². The number of nitrogen functional groups attached to an aromatic ring is 1. The highest BCUT2D eigenvalue weighted by Gasteiger charge is 2.19. The van der Waals surface area contributed by atoms with Crippen molar-refractivity contribution in [3.05, 3.63) is 23.5 Å². The number of aryl methyl sites for hydroxylation is 1. The third-order valence-electron chi connectivity index (χ3n) is 2.15. The maximum atomic E-state index is 13.2. The molecule has 0 spiro atoms. The molecule has 0 bridgehead atoms. The van der Waals surface area contributed by atoms with Crippen molar-refractivity contribution in [2.45, 2.75) is 10.1 Å². The Hall–Kier alpha value is -2.16. The van der Waals surface area contributed by atoms with Gasteiger partial charge in [0, 0.05) is 11.9 Å². The predicted octanol–water partition coefficient (Wildman–Crippen LogP) is 0.781. The van der Waals surface area contributed by atoms with E-state index in [1.165, 1.54) is 10.7 Å². The first-order chi connectivity index (χ1) is 8.50. The van der Waals surface area contributed by atoms with Crippen molar-refractivity contribution in [1.29, 1.82) is 0 Å². The number of rotatable bonds is 3. The van der Waals surface area contributed by atoms with Crippen LogP contribution >= 0.6 is 11.8 Å². The van der Waals surface area contributed by atoms with Crippen LogP contribution in [0.15, 0.2) is 22.2 Å². The van der Waals surface area contributed by atoms with E-state index in [1.54, 1.807) is 7.05 Å². The van der Waals surface area contributed by atoms with Crippen molar-refractivity contribution in [3.8, 4) is 0 Å². The van der Waals surface area contributed by atoms with Crippen LogP contribution in [0.3, 0.4) is 0 Å². The molecule has 0 amide bonds. The van der Waals surface area contributed by atoms with Crippen LogP contribution in [-0.4, -0.2) is 31.3 Å². The fourth-order valence-corrected chi connectivity index (χ4v) is 2.16. The molecule has 0 saturated heterocycles. The Balaban J connectivity index is 2.48. The number of hydrogen-bond donors (Lipinski definition) is 2. The second-order valence-electron chi connectivity index (χ2n) is 3.33. The highest BCUT2D eigenvalue weighted by molar-refractivity contribution is 7.99. The average molecular weight is 269 g/mol. The summed E-state index contributed by atoms with van der Waals surface area (Å²) in [7, 11) is 1.61. The molecule has 2 aromatic rings. The molecule has 0 aliphatic rings. The lowest BCUT2D eigenvalue weighted by molar-refractivity contribution is 0.0694. The smallest absolute Gasteiger partial charge is 0.339 e. The van der Waals surface area contributed by atoms with Crippen LogP contribution < -0.4 is 5.73 Å². The van der Waals surface area contributed by atoms with Gasteiger partial charge in [0.2, 0.25) is 5.16 Å². The highest BCUT2D eigenvalue weighted by Crippen LogP contribution is 2.32. The van der Waals surface area contributed by atoms with Crippen LogP contribution in [0.4, 0.5) is 10.1 Å². The van der Waals surface area contributed by atoms with E-state index in [9.17, 15) is 9.18 Å². The number of aromatic carboxylic acids is 1. The minimum Gasteiger partial charge on any atom is -0.478 e. The van der Waals surface area contributed by atoms with Gasteiger partial charge in [-0.2, -0.15) is 0 Å². The summed E-state index contributed by atoms with van der Waals surface area (Å²) in [5, 5.41) is 20.2. The van der Waals surface area contributed by atoms with Gasteiger partial charge < -0.3 is 10.8 Å². The normalized spacial score (nSPS) is 10.6. The van der Waals surface area contributed by atoms with Gasteiger partial charge in [-0.05, 0) is 34.3 Å². The molecule has 0 fully saturated rings. The molecule has 94 valence electrons. The number of benzene rings is 1. The number of aromatic nitrogens is 4. The van der Waals surface area contributed by atoms with E-state index < -0.39 is 17.5 Å². The molecule has 3 N–H and O–H groups in total. The summed E-state index contributed by atoms with van der Waals surface area (Å²) in [6.45, 7) is 0. The molecule has 0 saturated carbocycles. The summed E-state index contributed by atoms with van der Waals surface area (Å²) >= 11 is 0.998. The first-order valence-electron chi connectivity index (χ1n) is 4.72. The lowest BCUT2D eigenvalue weighted by Gasteiger charge is -2.07. The molecule has 7 nitrogen and oxygen atoms in total. The molecule has 0 unspecified atom stereocenters. The third kappa shape index (κ3) is 2.12. The van der Waals surface area contributed by atoms with Crippen molar-refractivity contribution in [2.24, 2.45) is 7.05 Å². The quantitative estimate of drug-likeness (QED) is 0.793. The summed E-state index contributed by atoms with van der Waals surface area (Å²) in [6, 6.07) is 2.43. The van der Waals surface area contributed by atoms with Gasteiger partial charge >= 0.3 is 5.97 Å². The molecular formula is C9H8FN5O2S. The third-order valence-corrected chi connectivity index (χ3v) is 3.24. The predicted molar refractivity (Wildman–Crippen MR) is 60.7 cm³/mol. The van der Waals surface area contributed by atoms with Gasteiger partial charge in [0.1, 0.15) is 5.82 Å². The SMILES string of the molecule is Cn1nnnc1Sc1ccc(F)c(N)c1C(=O)O. The lowest BCUT2D eigenvalue weighted by Crippen LogP contribution is -2.07. The molecular weight excluding hydrogens is 261 g/mol. The number of carboxylic acids is 1. The van der Waals surface area contributed by atoms with Crippen LogP contribution in [0.2, 0.25) is 0 Å². The highest BCUT2D eigenvalue weighted by atomic mass is 32.2. The number of nitrogens with two attached hydrogens (primary N) is 1. The zero-order chi connectivity index (χ0) is 13.3. The Morgan fingerprint density at radius 3 is 2.83 bits per heavy atom. The summed E-state index contributed by atoms with van der Waals surface area (Å²) in [6.07, 6.45) is 0. The largest absolute Gasteiger partial charge is 0.478 e. The minimum absolute atomic E-state index is 0.277. The molecule has 0 radical (unpaired) electrons. The second-order valence-corrected chi connectivity index (χ2v) is 4.34. The van der Waals surface area contributed by atoms with E-state index in [0.29, 0.717) is 5.16 Å². The zero-order valence-corrected chi connectivity index (χ0v) is 9.98. The van der Waals surface area contributed by atoms with Gasteiger partial charge in [0.25, 0.3) is 0 Å². The van der Waals surface area contributed by atoms with Gasteiger partial charge in [0.15, 0.2) is 0 Å². The minimum atomic E-state index is -1.30. The Labute approximate surface area is 105 Å². The van der Waals surface area contributed by atoms with E-state index >= 15 is 0 Å². The van der Waals surface area contributed by atoms with Crippen molar-refractivity contribution in [1.82, 2.24) is 20.2 Å². The second kappa shape index (κ2) is 4.61. The molecule has 9 heteroatoms. The number of tetrazole rings is 1. The monoisotopic (exact) mass is 269 g/mol. The molecule has 0 aliphatic carbocycles. The number of halogens is 1. The van der Waals surface area contributed by atoms with Crippen LogP contribution in [0, 0.1) is 5.82 Å². The maximum Gasteiger partial charge on any atom is 0.339 e. The van der Waals surface area contributed by atoms with E-state index in [2.05, 4.69) is 15.5 Å². The number of carboxylic acid groups (broad SMARTS) is 1. The standard InChI is InChI=1S/C9H8FN5O2S/c1-15-9(12-13-14-15)18-5-3-2-4(10)7(11)6(5)8(16)17/h2-3H,11H2,1H3,(H,16,17). The summed E-state index contributed by atoms with van der Waals surface area (Å²) < 4.78 is 14.6. The first-order valence-corrected chi connectivity index (χ1v) is 5.54. The molecule has 1 heterocycles. The topological polar surface area (TPSA) is 107 Å². The van der Waals surface area contributed by atoms with Gasteiger partial charge in [-0.15, -0.1) is 5.10 Å². The average Bonchev–Trinajstić information content (AvgIpc) is 2.69. The Morgan fingerprint density at radius 2 is 2.28 bits per heavy atom. The zero-order valence-electron chi connectivity index (χ0n) is 9.16. The van der Waals surface area contributed by atoms with Gasteiger partial charge in [0.05, 0.1) is 11.3 Å². The lowest BCUT2D eigenvalue weighted by atomic mass is 10.2. The number of carbonyl (C=O) groups is 1. The van der Waals surface area contributed by atoms with Crippen molar-refractivity contribution < 1.29 is 14.3 Å². The maximum absolute atomic E-state index is 13.2. The van der Waals surface area contributed by atoms with Gasteiger partial charge in [-0.25, -0.2) is 13.9 Å². The summed E-state index contributed by atoms with van der Waals surface area (Å²) in [5.41, 5.74) is 4.73. The Morgan fingerprint density at radius 1 is 1.56 bits per heavy atom. The van der Waals surface area contributed by atoms with Crippen molar-refractivity contribution >= 4 is 23.4 Å². The van der Waals surface area contributed by atoms with Crippen LogP contribution in [0.25, 0.3) is 0 Å². The molecule has 0 atom stereocenters. The van der Waals surface area contributed by atoms with E-state index in [4.69, 9.17) is 10.8 Å². The van der Waals surface area contributed by atoms with Crippen LogP contribution in [0.1, 0.15) is 10.4 Å². The summed E-state index contributed by atoms with van der Waals surface area (Å²) in [4.78, 5) is 11.4. The number of anilines is 1. The molecule has 1 aromatic heterocycles. The first kappa shape index (κ1) is 12.3. The number of hydrogen-bond acceptors (Lipinski definition) is 6. The van der Waals surface area contributed by atoms with Crippen molar-refractivity contribution in [3.63, 3.8) is 0 Å². The molecule has 1 aromatic carbocycles. The fraction of sp³-hybridized carbons (Fsp3) is 0.111. The Bertz CT molecular complexity index is 615. The van der Waals surface area contributed by atoms with Crippen LogP contribution in [0.5, 0.6) is 0 Å². The number of nitrogens with zero attached hydrogens (tertiary/aromatic N) is 4. The molecule has 18 heavy (non-hydrogen) atoms.